The quantitative estimate of drug-likeness (QED) is 0.185. The number of esters is 1. The van der Waals surface area contributed by atoms with Gasteiger partial charge >= 0.3 is 5.97 Å². The maximum Gasteiger partial charge on any atom is 0.343 e. The summed E-state index contributed by atoms with van der Waals surface area (Å²) < 4.78 is 11.0. The number of benzene rings is 2. The van der Waals surface area contributed by atoms with Crippen LogP contribution in [0, 0.1) is 0 Å². The molecule has 0 bridgehead atoms. The van der Waals surface area contributed by atoms with Gasteiger partial charge in [-0.25, -0.2) is 10.2 Å². The van der Waals surface area contributed by atoms with Crippen molar-refractivity contribution in [3.05, 3.63) is 89.7 Å². The molecule has 1 heterocycles. The number of pyridine rings is 1. The number of ether oxygens (including phenoxy) is 2. The Morgan fingerprint density at radius 2 is 1.61 bits per heavy atom. The Labute approximate surface area is 180 Å². The zero-order valence-electron chi connectivity index (χ0n) is 17.2. The molecule has 0 saturated heterocycles. The number of nitrogens with zero attached hydrogens (tertiary/aromatic N) is 2. The number of unbranched alkanes of at least 4 members (excludes halogenated alkanes) is 1. The fraction of sp³-hybridized carbons (Fsp3) is 0.167. The van der Waals surface area contributed by atoms with Gasteiger partial charge in [0.15, 0.2) is 0 Å². The van der Waals surface area contributed by atoms with Gasteiger partial charge < -0.3 is 9.47 Å². The van der Waals surface area contributed by atoms with Gasteiger partial charge in [-0.3, -0.25) is 9.78 Å². The smallest absolute Gasteiger partial charge is 0.343 e. The molecule has 7 heteroatoms. The average Bonchev–Trinajstić information content (AvgIpc) is 2.81. The fourth-order valence-electron chi connectivity index (χ4n) is 2.54. The van der Waals surface area contributed by atoms with E-state index in [4.69, 9.17) is 9.47 Å². The normalized spacial score (nSPS) is 10.6. The van der Waals surface area contributed by atoms with Crippen LogP contribution in [0.15, 0.2) is 78.2 Å². The molecule has 0 aliphatic carbocycles. The fourth-order valence-corrected chi connectivity index (χ4v) is 2.54. The maximum atomic E-state index is 12.3. The second-order valence-corrected chi connectivity index (χ2v) is 6.62. The summed E-state index contributed by atoms with van der Waals surface area (Å²) in [6.07, 6.45) is 6.63. The molecule has 158 valence electrons. The first kappa shape index (κ1) is 21.7. The van der Waals surface area contributed by atoms with Crippen molar-refractivity contribution in [3.8, 4) is 11.5 Å². The van der Waals surface area contributed by atoms with Crippen LogP contribution in [-0.4, -0.2) is 29.7 Å². The molecule has 3 aromatic rings. The lowest BCUT2D eigenvalue weighted by atomic mass is 10.2. The van der Waals surface area contributed by atoms with Gasteiger partial charge in [-0.15, -0.1) is 0 Å². The van der Waals surface area contributed by atoms with Gasteiger partial charge in [0.25, 0.3) is 5.91 Å². The molecule has 0 aliphatic rings. The third-order valence-corrected chi connectivity index (χ3v) is 4.27. The van der Waals surface area contributed by atoms with Crippen LogP contribution in [0.5, 0.6) is 11.5 Å². The number of hydrogen-bond donors (Lipinski definition) is 1. The molecule has 1 amide bonds. The first-order valence-corrected chi connectivity index (χ1v) is 9.94. The lowest BCUT2D eigenvalue weighted by Crippen LogP contribution is -2.17. The van der Waals surface area contributed by atoms with Gasteiger partial charge in [0.05, 0.1) is 18.4 Å². The molecule has 1 aromatic heterocycles. The summed E-state index contributed by atoms with van der Waals surface area (Å²) in [7, 11) is 0. The van der Waals surface area contributed by atoms with Crippen molar-refractivity contribution < 1.29 is 19.1 Å². The van der Waals surface area contributed by atoms with E-state index in [-0.39, 0.29) is 5.91 Å². The summed E-state index contributed by atoms with van der Waals surface area (Å²) in [6.45, 7) is 2.76. The second kappa shape index (κ2) is 11.3. The van der Waals surface area contributed by atoms with Crippen molar-refractivity contribution in [1.82, 2.24) is 10.4 Å². The van der Waals surface area contributed by atoms with Crippen LogP contribution in [0.4, 0.5) is 0 Å². The van der Waals surface area contributed by atoms with E-state index in [9.17, 15) is 9.59 Å². The standard InChI is InChI=1S/C24H23N3O4/c1-2-3-16-30-21-10-6-20(7-11-21)24(29)31-22-8-4-18(5-9-22)17-26-27-23(28)19-12-14-25-15-13-19/h4-15,17H,2-3,16H2,1H3,(H,27,28). The summed E-state index contributed by atoms with van der Waals surface area (Å²) in [6, 6.07) is 16.8. The largest absolute Gasteiger partial charge is 0.494 e. The van der Waals surface area contributed by atoms with E-state index in [0.717, 1.165) is 24.2 Å². The minimum Gasteiger partial charge on any atom is -0.494 e. The monoisotopic (exact) mass is 417 g/mol. The van der Waals surface area contributed by atoms with Crippen molar-refractivity contribution in [3.63, 3.8) is 0 Å². The molecule has 0 unspecified atom stereocenters. The third-order valence-electron chi connectivity index (χ3n) is 4.27. The van der Waals surface area contributed by atoms with E-state index < -0.39 is 5.97 Å². The highest BCUT2D eigenvalue weighted by atomic mass is 16.5. The van der Waals surface area contributed by atoms with Gasteiger partial charge in [0.1, 0.15) is 11.5 Å². The summed E-state index contributed by atoms with van der Waals surface area (Å²) in [4.78, 5) is 28.1. The summed E-state index contributed by atoms with van der Waals surface area (Å²) >= 11 is 0. The first-order valence-electron chi connectivity index (χ1n) is 9.94. The van der Waals surface area contributed by atoms with Gasteiger partial charge in [0.2, 0.25) is 0 Å². The Bertz CT molecular complexity index is 1020. The Morgan fingerprint density at radius 3 is 2.29 bits per heavy atom. The van der Waals surface area contributed by atoms with Gasteiger partial charge in [0, 0.05) is 18.0 Å². The van der Waals surface area contributed by atoms with Crippen LogP contribution in [0.1, 0.15) is 46.0 Å². The molecular formula is C24H23N3O4. The zero-order valence-corrected chi connectivity index (χ0v) is 17.2. The molecule has 0 spiro atoms. The molecule has 3 rings (SSSR count). The Balaban J connectivity index is 1.50. The Kier molecular flexibility index (Phi) is 7.88. The average molecular weight is 417 g/mol. The van der Waals surface area contributed by atoms with E-state index in [1.165, 1.54) is 18.6 Å². The van der Waals surface area contributed by atoms with Crippen LogP contribution in [-0.2, 0) is 0 Å². The van der Waals surface area contributed by atoms with Crippen LogP contribution in [0.3, 0.4) is 0 Å². The van der Waals surface area contributed by atoms with Crippen LogP contribution in [0.25, 0.3) is 0 Å². The highest BCUT2D eigenvalue weighted by molar-refractivity contribution is 5.94. The molecule has 0 saturated carbocycles. The molecule has 7 nitrogen and oxygen atoms in total. The number of hydrazone groups is 1. The molecule has 0 atom stereocenters. The number of aromatic nitrogens is 1. The number of carbonyl (C=O) groups excluding carboxylic acids is 2. The number of rotatable bonds is 9. The topological polar surface area (TPSA) is 89.9 Å². The molecule has 31 heavy (non-hydrogen) atoms. The van der Waals surface area contributed by atoms with Crippen molar-refractivity contribution in [2.24, 2.45) is 5.10 Å². The highest BCUT2D eigenvalue weighted by Gasteiger charge is 2.09. The van der Waals surface area contributed by atoms with Crippen molar-refractivity contribution in [2.75, 3.05) is 6.61 Å². The second-order valence-electron chi connectivity index (χ2n) is 6.62. The number of hydrogen-bond acceptors (Lipinski definition) is 6. The number of carbonyl (C=O) groups is 2. The van der Waals surface area contributed by atoms with Crippen LogP contribution < -0.4 is 14.9 Å². The Hall–Kier alpha value is -4.00. The SMILES string of the molecule is CCCCOc1ccc(C(=O)Oc2ccc(C=NNC(=O)c3ccncc3)cc2)cc1. The maximum absolute atomic E-state index is 12.3. The van der Waals surface area contributed by atoms with E-state index in [0.29, 0.717) is 23.5 Å². The molecule has 1 N–H and O–H groups in total. The molecule has 0 fully saturated rings. The molecular weight excluding hydrogens is 394 g/mol. The highest BCUT2D eigenvalue weighted by Crippen LogP contribution is 2.16. The minimum atomic E-state index is -0.453. The lowest BCUT2D eigenvalue weighted by molar-refractivity contribution is 0.0734. The van der Waals surface area contributed by atoms with Crippen molar-refractivity contribution >= 4 is 18.1 Å². The summed E-state index contributed by atoms with van der Waals surface area (Å²) in [5.41, 5.74) is 4.09. The molecule has 2 aromatic carbocycles. The van der Waals surface area contributed by atoms with Gasteiger partial charge in [-0.1, -0.05) is 13.3 Å². The first-order chi connectivity index (χ1) is 15.2. The van der Waals surface area contributed by atoms with E-state index in [2.05, 4.69) is 22.4 Å². The predicted molar refractivity (Wildman–Crippen MR) is 118 cm³/mol. The van der Waals surface area contributed by atoms with Crippen molar-refractivity contribution in [1.29, 1.82) is 0 Å². The Morgan fingerprint density at radius 1 is 0.935 bits per heavy atom. The predicted octanol–water partition coefficient (Wildman–Crippen LogP) is 4.24. The van der Waals surface area contributed by atoms with E-state index in [1.54, 1.807) is 60.7 Å². The van der Waals surface area contributed by atoms with Gasteiger partial charge in [-0.2, -0.15) is 5.10 Å². The molecule has 0 aliphatic heterocycles. The number of amides is 1. The van der Waals surface area contributed by atoms with Crippen molar-refractivity contribution in [2.45, 2.75) is 19.8 Å². The van der Waals surface area contributed by atoms with Crippen LogP contribution in [0.2, 0.25) is 0 Å². The lowest BCUT2D eigenvalue weighted by Gasteiger charge is -2.07. The molecule has 0 radical (unpaired) electrons. The van der Waals surface area contributed by atoms with E-state index >= 15 is 0 Å². The minimum absolute atomic E-state index is 0.328. The zero-order chi connectivity index (χ0) is 21.9. The summed E-state index contributed by atoms with van der Waals surface area (Å²) in [5, 5.41) is 3.93. The summed E-state index contributed by atoms with van der Waals surface area (Å²) in [5.74, 6) is 0.355. The number of nitrogens with one attached hydrogen (secondary N) is 1. The van der Waals surface area contributed by atoms with Crippen LogP contribution >= 0.6 is 0 Å². The third kappa shape index (κ3) is 6.78. The van der Waals surface area contributed by atoms with E-state index in [1.807, 2.05) is 0 Å². The van der Waals surface area contributed by atoms with Gasteiger partial charge in [-0.05, 0) is 72.6 Å².